The van der Waals surface area contributed by atoms with Crippen LogP contribution in [0.25, 0.3) is 10.2 Å². The number of fused-ring (bicyclic) bond motifs is 1. The van der Waals surface area contributed by atoms with E-state index in [9.17, 15) is 13.6 Å². The fraction of sp³-hybridized carbons (Fsp3) is 0.111. The molecule has 1 aromatic heterocycles. The molecule has 0 aliphatic heterocycles. The molecule has 1 heterocycles. The summed E-state index contributed by atoms with van der Waals surface area (Å²) in [6.45, 7) is 4.17. The number of hydrogen-bond donors (Lipinski definition) is 0. The maximum Gasteiger partial charge on any atom is 0.252 e. The van der Waals surface area contributed by atoms with Gasteiger partial charge in [0.25, 0.3) is 5.91 Å². The van der Waals surface area contributed by atoms with Gasteiger partial charge in [-0.05, 0) is 35.9 Å². The Morgan fingerprint density at radius 1 is 1.17 bits per heavy atom. The van der Waals surface area contributed by atoms with Crippen LogP contribution in [0.1, 0.15) is 5.56 Å². The molecule has 0 N–H and O–H groups in total. The highest BCUT2D eigenvalue weighted by Crippen LogP contribution is 2.18. The zero-order chi connectivity index (χ0) is 17.1. The van der Waals surface area contributed by atoms with Gasteiger partial charge >= 0.3 is 0 Å². The van der Waals surface area contributed by atoms with Crippen molar-refractivity contribution in [3.8, 4) is 0 Å². The SMILES string of the molecule is C=CCn1c(=NC(=O)Cc2ccc(F)cc2)sc2cc(F)ccc21. The first-order chi connectivity index (χ1) is 11.6. The third-order valence-corrected chi connectivity index (χ3v) is 4.49. The Morgan fingerprint density at radius 3 is 2.58 bits per heavy atom. The lowest BCUT2D eigenvalue weighted by atomic mass is 10.1. The van der Waals surface area contributed by atoms with Crippen molar-refractivity contribution >= 4 is 27.5 Å². The van der Waals surface area contributed by atoms with E-state index < -0.39 is 0 Å². The number of benzene rings is 2. The highest BCUT2D eigenvalue weighted by Gasteiger charge is 2.08. The van der Waals surface area contributed by atoms with Crippen LogP contribution in [-0.2, 0) is 17.8 Å². The van der Waals surface area contributed by atoms with Crippen LogP contribution in [0.15, 0.2) is 60.1 Å². The number of allylic oxidation sites excluding steroid dienone is 1. The molecule has 122 valence electrons. The van der Waals surface area contributed by atoms with Gasteiger partial charge in [-0.3, -0.25) is 4.79 Å². The summed E-state index contributed by atoms with van der Waals surface area (Å²) in [7, 11) is 0. The molecule has 0 saturated heterocycles. The topological polar surface area (TPSA) is 34.4 Å². The van der Waals surface area contributed by atoms with Crippen molar-refractivity contribution in [2.24, 2.45) is 4.99 Å². The smallest absolute Gasteiger partial charge is 0.252 e. The molecule has 24 heavy (non-hydrogen) atoms. The van der Waals surface area contributed by atoms with Gasteiger partial charge < -0.3 is 4.57 Å². The average molecular weight is 344 g/mol. The van der Waals surface area contributed by atoms with E-state index in [2.05, 4.69) is 11.6 Å². The Labute approximate surface area is 141 Å². The second-order valence-corrected chi connectivity index (χ2v) is 6.21. The number of carbonyl (C=O) groups excluding carboxylic acids is 1. The number of rotatable bonds is 4. The minimum absolute atomic E-state index is 0.0803. The van der Waals surface area contributed by atoms with Gasteiger partial charge in [0.1, 0.15) is 11.6 Å². The minimum atomic E-state index is -0.349. The Balaban J connectivity index is 1.98. The zero-order valence-electron chi connectivity index (χ0n) is 12.7. The summed E-state index contributed by atoms with van der Waals surface area (Å²) in [5, 5.41) is 0. The number of carbonyl (C=O) groups is 1. The van der Waals surface area contributed by atoms with Gasteiger partial charge in [0.05, 0.1) is 16.6 Å². The van der Waals surface area contributed by atoms with Gasteiger partial charge in [-0.15, -0.1) is 6.58 Å². The lowest BCUT2D eigenvalue weighted by Crippen LogP contribution is -2.16. The molecule has 3 rings (SSSR count). The molecular formula is C18H14F2N2OS. The second-order valence-electron chi connectivity index (χ2n) is 5.20. The molecule has 0 unspecified atom stereocenters. The number of amides is 1. The predicted octanol–water partition coefficient (Wildman–Crippen LogP) is 3.84. The molecule has 0 fully saturated rings. The summed E-state index contributed by atoms with van der Waals surface area (Å²) in [5.41, 5.74) is 1.49. The van der Waals surface area contributed by atoms with Crippen LogP contribution in [0.4, 0.5) is 8.78 Å². The van der Waals surface area contributed by atoms with Crippen molar-refractivity contribution < 1.29 is 13.6 Å². The van der Waals surface area contributed by atoms with Crippen LogP contribution >= 0.6 is 11.3 Å². The highest BCUT2D eigenvalue weighted by atomic mass is 32.1. The summed E-state index contributed by atoms with van der Waals surface area (Å²) in [5.74, 6) is -1.02. The third kappa shape index (κ3) is 3.49. The van der Waals surface area contributed by atoms with E-state index in [-0.39, 0.29) is 24.0 Å². The van der Waals surface area contributed by atoms with Gasteiger partial charge in [0.2, 0.25) is 0 Å². The van der Waals surface area contributed by atoms with Crippen LogP contribution in [0.5, 0.6) is 0 Å². The first-order valence-electron chi connectivity index (χ1n) is 7.28. The minimum Gasteiger partial charge on any atom is -0.313 e. The van der Waals surface area contributed by atoms with E-state index in [0.717, 1.165) is 5.52 Å². The molecule has 0 radical (unpaired) electrons. The van der Waals surface area contributed by atoms with Crippen molar-refractivity contribution in [1.29, 1.82) is 0 Å². The normalized spacial score (nSPS) is 11.8. The summed E-state index contributed by atoms with van der Waals surface area (Å²) < 4.78 is 28.8. The molecule has 1 amide bonds. The van der Waals surface area contributed by atoms with Crippen LogP contribution in [0, 0.1) is 11.6 Å². The van der Waals surface area contributed by atoms with Crippen molar-refractivity contribution in [3.63, 3.8) is 0 Å². The molecule has 0 spiro atoms. The summed E-state index contributed by atoms with van der Waals surface area (Å²) in [6.07, 6.45) is 1.77. The number of hydrogen-bond acceptors (Lipinski definition) is 2. The van der Waals surface area contributed by atoms with Gasteiger partial charge in [-0.2, -0.15) is 4.99 Å². The van der Waals surface area contributed by atoms with Gasteiger partial charge in [0.15, 0.2) is 4.80 Å². The van der Waals surface area contributed by atoms with E-state index in [1.54, 1.807) is 24.3 Å². The number of halogens is 2. The van der Waals surface area contributed by atoms with E-state index in [1.165, 1.54) is 35.6 Å². The number of aromatic nitrogens is 1. The monoisotopic (exact) mass is 344 g/mol. The number of nitrogens with zero attached hydrogens (tertiary/aromatic N) is 2. The average Bonchev–Trinajstić information content (AvgIpc) is 2.86. The van der Waals surface area contributed by atoms with E-state index in [0.29, 0.717) is 21.6 Å². The largest absolute Gasteiger partial charge is 0.313 e. The molecule has 0 bridgehead atoms. The molecule has 6 heteroatoms. The summed E-state index contributed by atoms with van der Waals surface area (Å²) in [6, 6.07) is 10.2. The maximum absolute atomic E-state index is 13.4. The van der Waals surface area contributed by atoms with Crippen molar-refractivity contribution in [1.82, 2.24) is 4.57 Å². The second kappa shape index (κ2) is 6.88. The van der Waals surface area contributed by atoms with Crippen molar-refractivity contribution in [2.45, 2.75) is 13.0 Å². The van der Waals surface area contributed by atoms with Crippen LogP contribution in [0.2, 0.25) is 0 Å². The van der Waals surface area contributed by atoms with Crippen LogP contribution < -0.4 is 4.80 Å². The maximum atomic E-state index is 13.4. The lowest BCUT2D eigenvalue weighted by Gasteiger charge is -2.01. The quantitative estimate of drug-likeness (QED) is 0.662. The van der Waals surface area contributed by atoms with Gasteiger partial charge in [0, 0.05) is 6.54 Å². The Kier molecular flexibility index (Phi) is 4.66. The molecule has 2 aromatic carbocycles. The van der Waals surface area contributed by atoms with Crippen LogP contribution in [0.3, 0.4) is 0 Å². The molecule has 0 saturated carbocycles. The molecule has 0 atom stereocenters. The Bertz CT molecular complexity index is 971. The molecule has 0 aliphatic rings. The fourth-order valence-corrected chi connectivity index (χ4v) is 3.44. The van der Waals surface area contributed by atoms with E-state index in [1.807, 2.05) is 4.57 Å². The van der Waals surface area contributed by atoms with Gasteiger partial charge in [-0.25, -0.2) is 8.78 Å². The molecule has 3 aromatic rings. The lowest BCUT2D eigenvalue weighted by molar-refractivity contribution is -0.117. The highest BCUT2D eigenvalue weighted by molar-refractivity contribution is 7.16. The van der Waals surface area contributed by atoms with E-state index >= 15 is 0 Å². The van der Waals surface area contributed by atoms with Crippen molar-refractivity contribution in [2.75, 3.05) is 0 Å². The Morgan fingerprint density at radius 2 is 1.88 bits per heavy atom. The number of thiazole rings is 1. The Hall–Kier alpha value is -2.60. The fourth-order valence-electron chi connectivity index (χ4n) is 2.36. The zero-order valence-corrected chi connectivity index (χ0v) is 13.5. The first-order valence-corrected chi connectivity index (χ1v) is 8.10. The molecular weight excluding hydrogens is 330 g/mol. The molecule has 3 nitrogen and oxygen atoms in total. The molecule has 0 aliphatic carbocycles. The van der Waals surface area contributed by atoms with E-state index in [4.69, 9.17) is 0 Å². The van der Waals surface area contributed by atoms with Crippen LogP contribution in [-0.4, -0.2) is 10.5 Å². The van der Waals surface area contributed by atoms with Crippen molar-refractivity contribution in [3.05, 3.63) is 77.1 Å². The summed E-state index contributed by atoms with van der Waals surface area (Å²) in [4.78, 5) is 16.8. The predicted molar refractivity (Wildman–Crippen MR) is 90.6 cm³/mol. The first kappa shape index (κ1) is 16.3. The standard InChI is InChI=1S/C18H14F2N2OS/c1-2-9-22-15-8-7-14(20)11-16(15)24-18(22)21-17(23)10-12-3-5-13(19)6-4-12/h2-8,11H,1,9-10H2. The summed E-state index contributed by atoms with van der Waals surface area (Å²) >= 11 is 1.25. The van der Waals surface area contributed by atoms with Gasteiger partial charge in [-0.1, -0.05) is 29.5 Å². The third-order valence-electron chi connectivity index (χ3n) is 3.45.